The molecule has 0 radical (unpaired) electrons. The van der Waals surface area contributed by atoms with Crippen molar-refractivity contribution in [2.24, 2.45) is 0 Å². The van der Waals surface area contributed by atoms with E-state index < -0.39 is 11.0 Å². The number of benzene rings is 1. The van der Waals surface area contributed by atoms with Crippen LogP contribution in [0.2, 0.25) is 0 Å². The third kappa shape index (κ3) is 5.82. The molecule has 0 saturated carbocycles. The maximum atomic E-state index is 11.1. The summed E-state index contributed by atoms with van der Waals surface area (Å²) in [7, 11) is 1.43. The highest BCUT2D eigenvalue weighted by Crippen LogP contribution is 2.31. The zero-order chi connectivity index (χ0) is 18.2. The third-order valence-electron chi connectivity index (χ3n) is 4.14. The van der Waals surface area contributed by atoms with Crippen molar-refractivity contribution in [1.82, 2.24) is 9.80 Å². The van der Waals surface area contributed by atoms with Crippen LogP contribution in [0, 0.1) is 10.1 Å². The van der Waals surface area contributed by atoms with Gasteiger partial charge in [0.25, 0.3) is 0 Å². The van der Waals surface area contributed by atoms with Gasteiger partial charge >= 0.3 is 5.69 Å². The van der Waals surface area contributed by atoms with Gasteiger partial charge in [-0.2, -0.15) is 0 Å². The number of β-amino-alcohol motifs (C(OH)–C–C–N with tert-alkyl or cyclic N) is 2. The van der Waals surface area contributed by atoms with E-state index in [-0.39, 0.29) is 24.7 Å². The van der Waals surface area contributed by atoms with Gasteiger partial charge in [-0.05, 0) is 12.1 Å². The quantitative estimate of drug-likeness (QED) is 0.469. The van der Waals surface area contributed by atoms with Crippen molar-refractivity contribution in [2.45, 2.75) is 6.10 Å². The second kappa shape index (κ2) is 9.52. The molecule has 2 rings (SSSR count). The number of nitro groups is 1. The second-order valence-electron chi connectivity index (χ2n) is 5.92. The van der Waals surface area contributed by atoms with E-state index in [2.05, 4.69) is 9.80 Å². The lowest BCUT2D eigenvalue weighted by molar-refractivity contribution is -0.386. The van der Waals surface area contributed by atoms with Gasteiger partial charge in [0.2, 0.25) is 0 Å². The molecule has 0 aromatic heterocycles. The summed E-state index contributed by atoms with van der Waals surface area (Å²) in [4.78, 5) is 14.9. The number of hydrogen-bond acceptors (Lipinski definition) is 8. The molecule has 1 aliphatic heterocycles. The maximum Gasteiger partial charge on any atom is 0.314 e. The summed E-state index contributed by atoms with van der Waals surface area (Å²) in [5, 5.41) is 30.2. The number of nitrogens with zero attached hydrogens (tertiary/aromatic N) is 3. The summed E-state index contributed by atoms with van der Waals surface area (Å²) in [5.74, 6) is 0.484. The SMILES string of the molecule is COc1ccc(OCC(O)CN2CCN(CCO)CC2)c([N+](=O)[O-])c1. The predicted octanol–water partition coefficient (Wildman–Crippen LogP) is -0.0470. The topological polar surface area (TPSA) is 109 Å². The third-order valence-corrected chi connectivity index (χ3v) is 4.14. The molecule has 0 bridgehead atoms. The van der Waals surface area contributed by atoms with Gasteiger partial charge in [0.05, 0.1) is 24.7 Å². The lowest BCUT2D eigenvalue weighted by Gasteiger charge is -2.35. The molecule has 25 heavy (non-hydrogen) atoms. The van der Waals surface area contributed by atoms with Crippen molar-refractivity contribution < 1.29 is 24.6 Å². The molecule has 1 atom stereocenters. The van der Waals surface area contributed by atoms with Crippen molar-refractivity contribution in [1.29, 1.82) is 0 Å². The molecule has 0 amide bonds. The fraction of sp³-hybridized carbons (Fsp3) is 0.625. The highest BCUT2D eigenvalue weighted by molar-refractivity contribution is 5.50. The molecule has 2 N–H and O–H groups in total. The van der Waals surface area contributed by atoms with E-state index in [1.54, 1.807) is 6.07 Å². The van der Waals surface area contributed by atoms with Crippen molar-refractivity contribution in [3.05, 3.63) is 28.3 Å². The normalized spacial score (nSPS) is 17.2. The minimum absolute atomic E-state index is 0.0238. The molecule has 1 aromatic rings. The van der Waals surface area contributed by atoms with Gasteiger partial charge < -0.3 is 19.7 Å². The van der Waals surface area contributed by atoms with Crippen LogP contribution in [0.4, 0.5) is 5.69 Å². The Morgan fingerprint density at radius 1 is 1.28 bits per heavy atom. The molecule has 1 fully saturated rings. The van der Waals surface area contributed by atoms with Gasteiger partial charge in [-0.15, -0.1) is 0 Å². The summed E-state index contributed by atoms with van der Waals surface area (Å²) < 4.78 is 10.4. The number of ether oxygens (including phenoxy) is 2. The lowest BCUT2D eigenvalue weighted by Crippen LogP contribution is -2.49. The van der Waals surface area contributed by atoms with Crippen LogP contribution in [0.1, 0.15) is 0 Å². The van der Waals surface area contributed by atoms with Crippen molar-refractivity contribution in [3.8, 4) is 11.5 Å². The number of aliphatic hydroxyl groups is 2. The first-order valence-corrected chi connectivity index (χ1v) is 8.22. The zero-order valence-corrected chi connectivity index (χ0v) is 14.3. The summed E-state index contributed by atoms with van der Waals surface area (Å²) in [6.07, 6.45) is -0.744. The van der Waals surface area contributed by atoms with Crippen LogP contribution in [-0.4, -0.2) is 90.6 Å². The summed E-state index contributed by atoms with van der Waals surface area (Å²) in [6.45, 7) is 4.54. The number of nitro benzene ring substituents is 1. The molecule has 1 aromatic carbocycles. The average molecular weight is 355 g/mol. The fourth-order valence-electron chi connectivity index (χ4n) is 2.76. The molecule has 9 nitrogen and oxygen atoms in total. The van der Waals surface area contributed by atoms with Gasteiger partial charge in [-0.25, -0.2) is 0 Å². The van der Waals surface area contributed by atoms with Crippen LogP contribution in [-0.2, 0) is 0 Å². The van der Waals surface area contributed by atoms with Crippen LogP contribution >= 0.6 is 0 Å². The minimum atomic E-state index is -0.744. The van der Waals surface area contributed by atoms with Crippen LogP contribution in [0.15, 0.2) is 18.2 Å². The smallest absolute Gasteiger partial charge is 0.314 e. The van der Waals surface area contributed by atoms with Crippen molar-refractivity contribution in [2.75, 3.05) is 59.6 Å². The Kier molecular flexibility index (Phi) is 7.38. The van der Waals surface area contributed by atoms with E-state index in [0.29, 0.717) is 18.8 Å². The molecular weight excluding hydrogens is 330 g/mol. The van der Waals surface area contributed by atoms with Gasteiger partial charge in [-0.1, -0.05) is 0 Å². The number of methoxy groups -OCH3 is 1. The van der Waals surface area contributed by atoms with Gasteiger partial charge in [0, 0.05) is 39.3 Å². The Labute approximate surface area is 146 Å². The fourth-order valence-corrected chi connectivity index (χ4v) is 2.76. The van der Waals surface area contributed by atoms with E-state index >= 15 is 0 Å². The second-order valence-corrected chi connectivity index (χ2v) is 5.92. The monoisotopic (exact) mass is 355 g/mol. The number of piperazine rings is 1. The van der Waals surface area contributed by atoms with Gasteiger partial charge in [0.1, 0.15) is 18.5 Å². The molecule has 1 saturated heterocycles. The summed E-state index contributed by atoms with van der Waals surface area (Å²) in [6, 6.07) is 4.34. The molecule has 1 aliphatic rings. The first-order chi connectivity index (χ1) is 12.0. The first kappa shape index (κ1) is 19.4. The van der Waals surface area contributed by atoms with Crippen LogP contribution in [0.3, 0.4) is 0 Å². The zero-order valence-electron chi connectivity index (χ0n) is 14.3. The molecule has 0 spiro atoms. The maximum absolute atomic E-state index is 11.1. The minimum Gasteiger partial charge on any atom is -0.496 e. The number of aliphatic hydroxyl groups excluding tert-OH is 2. The average Bonchev–Trinajstić information content (AvgIpc) is 2.61. The van der Waals surface area contributed by atoms with Gasteiger partial charge in [0.15, 0.2) is 5.75 Å². The summed E-state index contributed by atoms with van der Waals surface area (Å²) in [5.41, 5.74) is -0.191. The highest BCUT2D eigenvalue weighted by atomic mass is 16.6. The number of rotatable bonds is 9. The van der Waals surface area contributed by atoms with Crippen molar-refractivity contribution in [3.63, 3.8) is 0 Å². The first-order valence-electron chi connectivity index (χ1n) is 8.22. The summed E-state index contributed by atoms with van der Waals surface area (Å²) >= 11 is 0. The Morgan fingerprint density at radius 2 is 1.96 bits per heavy atom. The van der Waals surface area contributed by atoms with E-state index in [1.807, 2.05) is 0 Å². The van der Waals surface area contributed by atoms with E-state index in [9.17, 15) is 15.2 Å². The van der Waals surface area contributed by atoms with Crippen molar-refractivity contribution >= 4 is 5.69 Å². The lowest BCUT2D eigenvalue weighted by atomic mass is 10.2. The molecule has 140 valence electrons. The largest absolute Gasteiger partial charge is 0.496 e. The Morgan fingerprint density at radius 3 is 2.56 bits per heavy atom. The van der Waals surface area contributed by atoms with Gasteiger partial charge in [-0.3, -0.25) is 19.9 Å². The van der Waals surface area contributed by atoms with E-state index in [0.717, 1.165) is 26.2 Å². The molecule has 1 unspecified atom stereocenters. The standard InChI is InChI=1S/C16H25N3O6/c1-24-14-2-3-16(15(10-14)19(22)23)25-12-13(21)11-18-6-4-17(5-7-18)8-9-20/h2-3,10,13,20-21H,4-9,11-12H2,1H3. The van der Waals surface area contributed by atoms with Crippen LogP contribution in [0.5, 0.6) is 11.5 Å². The number of hydrogen-bond donors (Lipinski definition) is 2. The molecule has 1 heterocycles. The Balaban J connectivity index is 1.82. The van der Waals surface area contributed by atoms with E-state index in [1.165, 1.54) is 19.2 Å². The molecular formula is C16H25N3O6. The highest BCUT2D eigenvalue weighted by Gasteiger charge is 2.21. The van der Waals surface area contributed by atoms with E-state index in [4.69, 9.17) is 14.6 Å². The van der Waals surface area contributed by atoms with Crippen LogP contribution in [0.25, 0.3) is 0 Å². The molecule has 9 heteroatoms. The Bertz CT molecular complexity index is 563. The Hall–Kier alpha value is -1.94. The predicted molar refractivity (Wildman–Crippen MR) is 91.1 cm³/mol. The van der Waals surface area contributed by atoms with Crippen LogP contribution < -0.4 is 9.47 Å². The molecule has 0 aliphatic carbocycles.